The molecule has 1 atom stereocenters. The molecule has 2 aromatic rings. The molecule has 0 fully saturated rings. The number of para-hydroxylation sites is 1. The van der Waals surface area contributed by atoms with Crippen LogP contribution in [-0.4, -0.2) is 32.7 Å². The van der Waals surface area contributed by atoms with E-state index in [0.29, 0.717) is 6.54 Å². The van der Waals surface area contributed by atoms with Crippen molar-refractivity contribution < 1.29 is 9.53 Å². The maximum atomic E-state index is 11.7. The fourth-order valence-corrected chi connectivity index (χ4v) is 3.76. The lowest BCUT2D eigenvalue weighted by Gasteiger charge is -2.30. The first-order valence-corrected chi connectivity index (χ1v) is 8.31. The maximum Gasteiger partial charge on any atom is 0.246 e. The normalized spacial score (nSPS) is 14.7. The number of carbonyl (C=O) groups excluding carboxylic acids is 1. The molecule has 0 saturated heterocycles. The van der Waals surface area contributed by atoms with Crippen molar-refractivity contribution in [3.05, 3.63) is 52.2 Å². The molecule has 1 aliphatic heterocycles. The second-order valence-corrected chi connectivity index (χ2v) is 6.32. The first-order chi connectivity index (χ1) is 10.8. The van der Waals surface area contributed by atoms with E-state index >= 15 is 0 Å². The van der Waals surface area contributed by atoms with Gasteiger partial charge in [-0.15, -0.1) is 11.3 Å². The number of fused-ring (bicyclic) bond motifs is 1. The molecule has 1 amide bonds. The van der Waals surface area contributed by atoms with Crippen LogP contribution in [0.25, 0.3) is 0 Å². The number of thiophene rings is 1. The highest BCUT2D eigenvalue weighted by atomic mass is 32.1. The molecular formula is C17H20N2O2S. The Labute approximate surface area is 134 Å². The Morgan fingerprint density at radius 3 is 3.00 bits per heavy atom. The third-order valence-electron chi connectivity index (χ3n) is 3.94. The maximum absolute atomic E-state index is 11.7. The molecule has 1 aliphatic rings. The lowest BCUT2D eigenvalue weighted by atomic mass is 10.1. The average molecular weight is 316 g/mol. The van der Waals surface area contributed by atoms with Gasteiger partial charge < -0.3 is 15.0 Å². The van der Waals surface area contributed by atoms with Crippen LogP contribution >= 0.6 is 11.3 Å². The SMILES string of the molecule is COCC(=O)NC[C@H](c1cccs1)N1CCc2ccccc21. The van der Waals surface area contributed by atoms with Crippen molar-refractivity contribution >= 4 is 22.9 Å². The number of nitrogens with zero attached hydrogens (tertiary/aromatic N) is 1. The van der Waals surface area contributed by atoms with Gasteiger partial charge in [0.1, 0.15) is 6.61 Å². The number of rotatable bonds is 6. The van der Waals surface area contributed by atoms with Crippen LogP contribution in [0, 0.1) is 0 Å². The van der Waals surface area contributed by atoms with Gasteiger partial charge in [0.05, 0.1) is 6.04 Å². The zero-order valence-corrected chi connectivity index (χ0v) is 13.4. The van der Waals surface area contributed by atoms with Gasteiger partial charge >= 0.3 is 0 Å². The summed E-state index contributed by atoms with van der Waals surface area (Å²) in [4.78, 5) is 15.4. The van der Waals surface area contributed by atoms with Gasteiger partial charge in [-0.2, -0.15) is 0 Å². The Morgan fingerprint density at radius 1 is 1.36 bits per heavy atom. The number of ether oxygens (including phenoxy) is 1. The standard InChI is InChI=1S/C17H20N2O2S/c1-21-12-17(20)18-11-15(16-7-4-10-22-16)19-9-8-13-5-2-3-6-14(13)19/h2-7,10,15H,8-9,11-12H2,1H3,(H,18,20)/t15-/m1/s1. The van der Waals surface area contributed by atoms with Crippen molar-refractivity contribution in [1.29, 1.82) is 0 Å². The fourth-order valence-electron chi connectivity index (χ4n) is 2.93. The third kappa shape index (κ3) is 3.15. The molecule has 1 aromatic heterocycles. The van der Waals surface area contributed by atoms with Crippen LogP contribution in [0.1, 0.15) is 16.5 Å². The lowest BCUT2D eigenvalue weighted by Crippen LogP contribution is -2.38. The molecular weight excluding hydrogens is 296 g/mol. The number of methoxy groups -OCH3 is 1. The molecule has 0 aliphatic carbocycles. The van der Waals surface area contributed by atoms with Crippen molar-refractivity contribution in [3.8, 4) is 0 Å². The second kappa shape index (κ2) is 6.94. The molecule has 0 bridgehead atoms. The Kier molecular flexibility index (Phi) is 4.75. The summed E-state index contributed by atoms with van der Waals surface area (Å²) in [5.74, 6) is -0.0726. The summed E-state index contributed by atoms with van der Waals surface area (Å²) in [6.45, 7) is 1.69. The summed E-state index contributed by atoms with van der Waals surface area (Å²) < 4.78 is 4.89. The minimum Gasteiger partial charge on any atom is -0.375 e. The predicted octanol–water partition coefficient (Wildman–Crippen LogP) is 2.61. The molecule has 4 nitrogen and oxygen atoms in total. The Bertz CT molecular complexity index is 627. The van der Waals surface area contributed by atoms with Gasteiger partial charge in [0.15, 0.2) is 0 Å². The van der Waals surface area contributed by atoms with Crippen LogP contribution in [0.2, 0.25) is 0 Å². The number of hydrogen-bond acceptors (Lipinski definition) is 4. The van der Waals surface area contributed by atoms with Gasteiger partial charge in [0, 0.05) is 30.8 Å². The van der Waals surface area contributed by atoms with Crippen LogP contribution < -0.4 is 10.2 Å². The number of benzene rings is 1. The summed E-state index contributed by atoms with van der Waals surface area (Å²) >= 11 is 1.73. The highest BCUT2D eigenvalue weighted by molar-refractivity contribution is 7.10. The Morgan fingerprint density at radius 2 is 2.23 bits per heavy atom. The van der Waals surface area contributed by atoms with Gasteiger partial charge in [0.2, 0.25) is 5.91 Å². The summed E-state index contributed by atoms with van der Waals surface area (Å²) in [6.07, 6.45) is 1.06. The molecule has 0 spiro atoms. The van der Waals surface area contributed by atoms with Crippen molar-refractivity contribution in [3.63, 3.8) is 0 Å². The molecule has 2 heterocycles. The largest absolute Gasteiger partial charge is 0.375 e. The minimum absolute atomic E-state index is 0.0726. The molecule has 1 aromatic carbocycles. The predicted molar refractivity (Wildman–Crippen MR) is 89.4 cm³/mol. The summed E-state index contributed by atoms with van der Waals surface area (Å²) in [5.41, 5.74) is 2.66. The van der Waals surface area contributed by atoms with Gasteiger partial charge in [-0.05, 0) is 29.5 Å². The van der Waals surface area contributed by atoms with E-state index in [1.807, 2.05) is 0 Å². The van der Waals surface area contributed by atoms with Gasteiger partial charge in [-0.25, -0.2) is 0 Å². The molecule has 3 rings (SSSR count). The molecule has 116 valence electrons. The van der Waals surface area contributed by atoms with E-state index in [1.54, 1.807) is 11.3 Å². The van der Waals surface area contributed by atoms with E-state index < -0.39 is 0 Å². The molecule has 5 heteroatoms. The van der Waals surface area contributed by atoms with Gasteiger partial charge in [0.25, 0.3) is 0 Å². The fraction of sp³-hybridized carbons (Fsp3) is 0.353. The number of nitrogens with one attached hydrogen (secondary N) is 1. The molecule has 0 saturated carbocycles. The third-order valence-corrected chi connectivity index (χ3v) is 4.91. The van der Waals surface area contributed by atoms with Crippen molar-refractivity contribution in [1.82, 2.24) is 5.32 Å². The molecule has 1 N–H and O–H groups in total. The summed E-state index contributed by atoms with van der Waals surface area (Å²) in [7, 11) is 1.53. The van der Waals surface area contributed by atoms with E-state index in [0.717, 1.165) is 13.0 Å². The van der Waals surface area contributed by atoms with E-state index in [-0.39, 0.29) is 18.6 Å². The van der Waals surface area contributed by atoms with Gasteiger partial charge in [-0.1, -0.05) is 24.3 Å². The molecule has 22 heavy (non-hydrogen) atoms. The topological polar surface area (TPSA) is 41.6 Å². The highest BCUT2D eigenvalue weighted by Crippen LogP contribution is 2.36. The smallest absolute Gasteiger partial charge is 0.246 e. The van der Waals surface area contributed by atoms with Crippen molar-refractivity contribution in [2.24, 2.45) is 0 Å². The van der Waals surface area contributed by atoms with E-state index in [9.17, 15) is 4.79 Å². The number of carbonyl (C=O) groups is 1. The van der Waals surface area contributed by atoms with Crippen molar-refractivity contribution in [2.75, 3.05) is 31.7 Å². The van der Waals surface area contributed by atoms with Crippen LogP contribution in [0.4, 0.5) is 5.69 Å². The van der Waals surface area contributed by atoms with Crippen LogP contribution in [0.5, 0.6) is 0 Å². The minimum atomic E-state index is -0.0726. The average Bonchev–Trinajstić information content (AvgIpc) is 3.18. The van der Waals surface area contributed by atoms with Gasteiger partial charge in [-0.3, -0.25) is 4.79 Å². The quantitative estimate of drug-likeness (QED) is 0.891. The zero-order chi connectivity index (χ0) is 15.4. The zero-order valence-electron chi connectivity index (χ0n) is 12.6. The highest BCUT2D eigenvalue weighted by Gasteiger charge is 2.27. The number of anilines is 1. The lowest BCUT2D eigenvalue weighted by molar-refractivity contribution is -0.124. The first-order valence-electron chi connectivity index (χ1n) is 7.43. The Balaban J connectivity index is 1.80. The second-order valence-electron chi connectivity index (χ2n) is 5.34. The first kappa shape index (κ1) is 15.1. The van der Waals surface area contributed by atoms with E-state index in [2.05, 4.69) is 52.0 Å². The van der Waals surface area contributed by atoms with E-state index in [4.69, 9.17) is 4.74 Å². The Hall–Kier alpha value is -1.85. The van der Waals surface area contributed by atoms with Crippen LogP contribution in [0.3, 0.4) is 0 Å². The number of amides is 1. The van der Waals surface area contributed by atoms with E-state index in [1.165, 1.54) is 23.2 Å². The van der Waals surface area contributed by atoms with Crippen LogP contribution in [-0.2, 0) is 16.0 Å². The molecule has 0 radical (unpaired) electrons. The monoisotopic (exact) mass is 316 g/mol. The number of hydrogen-bond donors (Lipinski definition) is 1. The molecule has 0 unspecified atom stereocenters. The summed E-state index contributed by atoms with van der Waals surface area (Å²) in [6, 6.07) is 12.9. The van der Waals surface area contributed by atoms with Crippen LogP contribution in [0.15, 0.2) is 41.8 Å². The van der Waals surface area contributed by atoms with Crippen molar-refractivity contribution in [2.45, 2.75) is 12.5 Å². The summed E-state index contributed by atoms with van der Waals surface area (Å²) in [5, 5.41) is 5.07.